The molecule has 27 heavy (non-hydrogen) atoms. The number of carbonyl (C=O) groups excluding carboxylic acids is 1. The van der Waals surface area contributed by atoms with Crippen LogP contribution in [0.3, 0.4) is 0 Å². The standard InChI is InChI=1S/C23H29FN2O/c1-3-18-13-16-26(22(27)10-5-17-11-14-25-15-12-17)23(21(18)4-2)19-6-8-20(24)9-7-19/h3-4,6-9,17,23,25H,1-2,5,10-16H2/t23-/m0/s1. The number of allylic oxidation sites excluding steroid dienone is 1. The van der Waals surface area contributed by atoms with Crippen LogP contribution in [0.25, 0.3) is 0 Å². The van der Waals surface area contributed by atoms with Crippen LogP contribution in [0.4, 0.5) is 4.39 Å². The third-order valence-corrected chi connectivity index (χ3v) is 5.80. The van der Waals surface area contributed by atoms with Crippen LogP contribution in [-0.4, -0.2) is 30.4 Å². The van der Waals surface area contributed by atoms with Crippen molar-refractivity contribution < 1.29 is 9.18 Å². The second kappa shape index (κ2) is 9.14. The van der Waals surface area contributed by atoms with Crippen LogP contribution >= 0.6 is 0 Å². The smallest absolute Gasteiger partial charge is 0.223 e. The second-order valence-corrected chi connectivity index (χ2v) is 7.41. The van der Waals surface area contributed by atoms with Crippen LogP contribution in [0.15, 0.2) is 60.7 Å². The maximum Gasteiger partial charge on any atom is 0.223 e. The van der Waals surface area contributed by atoms with Gasteiger partial charge < -0.3 is 10.2 Å². The van der Waals surface area contributed by atoms with Gasteiger partial charge in [-0.3, -0.25) is 4.79 Å². The van der Waals surface area contributed by atoms with Crippen molar-refractivity contribution >= 4 is 5.91 Å². The average molecular weight is 368 g/mol. The summed E-state index contributed by atoms with van der Waals surface area (Å²) in [5.74, 6) is 0.527. The Morgan fingerprint density at radius 2 is 1.89 bits per heavy atom. The third-order valence-electron chi connectivity index (χ3n) is 5.80. The molecule has 2 aliphatic heterocycles. The summed E-state index contributed by atoms with van der Waals surface area (Å²) in [5, 5.41) is 3.37. The second-order valence-electron chi connectivity index (χ2n) is 7.41. The highest BCUT2D eigenvalue weighted by Crippen LogP contribution is 2.37. The number of rotatable bonds is 6. The van der Waals surface area contributed by atoms with Crippen LogP contribution in [0, 0.1) is 11.7 Å². The summed E-state index contributed by atoms with van der Waals surface area (Å²) in [6, 6.07) is 6.22. The summed E-state index contributed by atoms with van der Waals surface area (Å²) < 4.78 is 13.4. The molecular weight excluding hydrogens is 339 g/mol. The van der Waals surface area contributed by atoms with E-state index in [2.05, 4.69) is 18.5 Å². The largest absolute Gasteiger partial charge is 0.331 e. The van der Waals surface area contributed by atoms with E-state index < -0.39 is 0 Å². The molecule has 2 aliphatic rings. The summed E-state index contributed by atoms with van der Waals surface area (Å²) in [7, 11) is 0. The molecule has 1 saturated heterocycles. The number of nitrogens with one attached hydrogen (secondary N) is 1. The summed E-state index contributed by atoms with van der Waals surface area (Å²) in [6.07, 6.45) is 8.24. The Morgan fingerprint density at radius 1 is 1.19 bits per heavy atom. The zero-order valence-electron chi connectivity index (χ0n) is 15.9. The highest BCUT2D eigenvalue weighted by Gasteiger charge is 2.32. The quantitative estimate of drug-likeness (QED) is 0.799. The van der Waals surface area contributed by atoms with Gasteiger partial charge in [0.25, 0.3) is 0 Å². The molecule has 3 rings (SSSR count). The van der Waals surface area contributed by atoms with Crippen LogP contribution in [0.5, 0.6) is 0 Å². The van der Waals surface area contributed by atoms with Gasteiger partial charge in [-0.1, -0.05) is 37.4 Å². The fourth-order valence-corrected chi connectivity index (χ4v) is 4.24. The summed E-state index contributed by atoms with van der Waals surface area (Å²) in [4.78, 5) is 15.0. The Labute approximate surface area is 161 Å². The van der Waals surface area contributed by atoms with Gasteiger partial charge in [-0.25, -0.2) is 4.39 Å². The van der Waals surface area contributed by atoms with Crippen LogP contribution in [0.2, 0.25) is 0 Å². The first-order chi connectivity index (χ1) is 13.1. The van der Waals surface area contributed by atoms with Crippen molar-refractivity contribution in [1.82, 2.24) is 10.2 Å². The minimum Gasteiger partial charge on any atom is -0.331 e. The van der Waals surface area contributed by atoms with Gasteiger partial charge in [-0.05, 0) is 73.5 Å². The fourth-order valence-electron chi connectivity index (χ4n) is 4.24. The molecule has 0 radical (unpaired) electrons. The van der Waals surface area contributed by atoms with Gasteiger partial charge in [0.15, 0.2) is 0 Å². The molecule has 0 aromatic heterocycles. The lowest BCUT2D eigenvalue weighted by molar-refractivity contribution is -0.133. The number of benzene rings is 1. The maximum absolute atomic E-state index is 13.4. The number of hydrogen-bond donors (Lipinski definition) is 1. The van der Waals surface area contributed by atoms with E-state index >= 15 is 0 Å². The molecule has 144 valence electrons. The van der Waals surface area contributed by atoms with Crippen molar-refractivity contribution in [2.24, 2.45) is 5.92 Å². The molecule has 4 heteroatoms. The average Bonchev–Trinajstić information content (AvgIpc) is 2.72. The van der Waals surface area contributed by atoms with E-state index in [9.17, 15) is 9.18 Å². The Hall–Kier alpha value is -2.20. The van der Waals surface area contributed by atoms with Crippen molar-refractivity contribution in [2.75, 3.05) is 19.6 Å². The Kier molecular flexibility index (Phi) is 6.62. The number of hydrogen-bond acceptors (Lipinski definition) is 2. The summed E-state index contributed by atoms with van der Waals surface area (Å²) >= 11 is 0. The van der Waals surface area contributed by atoms with Gasteiger partial charge in [0.1, 0.15) is 5.82 Å². The zero-order valence-corrected chi connectivity index (χ0v) is 15.9. The Bertz CT molecular complexity index is 716. The van der Waals surface area contributed by atoms with Crippen LogP contribution in [0.1, 0.15) is 43.7 Å². The lowest BCUT2D eigenvalue weighted by Crippen LogP contribution is -2.40. The molecule has 1 N–H and O–H groups in total. The van der Waals surface area contributed by atoms with Crippen molar-refractivity contribution in [1.29, 1.82) is 0 Å². The fraction of sp³-hybridized carbons (Fsp3) is 0.435. The first-order valence-electron chi connectivity index (χ1n) is 9.87. The van der Waals surface area contributed by atoms with Gasteiger partial charge in [-0.2, -0.15) is 0 Å². The van der Waals surface area contributed by atoms with Gasteiger partial charge in [0, 0.05) is 13.0 Å². The van der Waals surface area contributed by atoms with E-state index in [1.165, 1.54) is 12.1 Å². The first kappa shape index (κ1) is 19.6. The van der Waals surface area contributed by atoms with Gasteiger partial charge >= 0.3 is 0 Å². The predicted molar refractivity (Wildman–Crippen MR) is 108 cm³/mol. The van der Waals surface area contributed by atoms with Crippen molar-refractivity contribution in [3.05, 3.63) is 72.1 Å². The number of amides is 1. The molecule has 0 unspecified atom stereocenters. The molecule has 1 atom stereocenters. The normalized spacial score (nSPS) is 21.2. The van der Waals surface area contributed by atoms with E-state index in [4.69, 9.17) is 0 Å². The molecular formula is C23H29FN2O. The molecule has 3 nitrogen and oxygen atoms in total. The molecule has 1 aromatic rings. The number of carbonyl (C=O) groups is 1. The minimum absolute atomic E-state index is 0.172. The van der Waals surface area contributed by atoms with Gasteiger partial charge in [0.2, 0.25) is 5.91 Å². The van der Waals surface area contributed by atoms with Crippen LogP contribution < -0.4 is 5.32 Å². The van der Waals surface area contributed by atoms with Gasteiger partial charge in [0.05, 0.1) is 6.04 Å². The van der Waals surface area contributed by atoms with E-state index in [1.54, 1.807) is 12.1 Å². The molecule has 1 amide bonds. The number of nitrogens with zero attached hydrogens (tertiary/aromatic N) is 1. The molecule has 1 aromatic carbocycles. The first-order valence-corrected chi connectivity index (χ1v) is 9.87. The Morgan fingerprint density at radius 3 is 2.52 bits per heavy atom. The highest BCUT2D eigenvalue weighted by atomic mass is 19.1. The molecule has 0 saturated carbocycles. The van der Waals surface area contributed by atoms with Crippen molar-refractivity contribution in [2.45, 2.75) is 38.1 Å². The third kappa shape index (κ3) is 4.56. The molecule has 0 aliphatic carbocycles. The SMILES string of the molecule is C=CC1=C(C=C)[C@H](c2ccc(F)cc2)N(C(=O)CCC2CCNCC2)CC1. The minimum atomic E-state index is -0.272. The van der Waals surface area contributed by atoms with Crippen molar-refractivity contribution in [3.63, 3.8) is 0 Å². The van der Waals surface area contributed by atoms with Crippen LogP contribution in [-0.2, 0) is 4.79 Å². The zero-order chi connectivity index (χ0) is 19.2. The maximum atomic E-state index is 13.4. The van der Waals surface area contributed by atoms with E-state index in [0.717, 1.165) is 55.5 Å². The molecule has 0 bridgehead atoms. The summed E-state index contributed by atoms with van der Waals surface area (Å²) in [5.41, 5.74) is 3.03. The monoisotopic (exact) mass is 368 g/mol. The Balaban J connectivity index is 1.82. The molecule has 0 spiro atoms. The molecule has 1 fully saturated rings. The summed E-state index contributed by atoms with van der Waals surface area (Å²) in [6.45, 7) is 10.6. The molecule has 2 heterocycles. The van der Waals surface area contributed by atoms with Gasteiger partial charge in [-0.15, -0.1) is 0 Å². The lowest BCUT2D eigenvalue weighted by atomic mass is 9.87. The van der Waals surface area contributed by atoms with E-state index in [1.807, 2.05) is 17.1 Å². The van der Waals surface area contributed by atoms with E-state index in [-0.39, 0.29) is 17.8 Å². The van der Waals surface area contributed by atoms with Crippen molar-refractivity contribution in [3.8, 4) is 0 Å². The number of halogens is 1. The highest BCUT2D eigenvalue weighted by molar-refractivity contribution is 5.78. The predicted octanol–water partition coefficient (Wildman–Crippen LogP) is 4.55. The van der Waals surface area contributed by atoms with E-state index in [0.29, 0.717) is 18.9 Å². The topological polar surface area (TPSA) is 32.3 Å². The number of piperidine rings is 1. The lowest BCUT2D eigenvalue weighted by Gasteiger charge is -2.38.